The molecule has 0 heterocycles. The van der Waals surface area contributed by atoms with Gasteiger partial charge in [-0.3, -0.25) is 0 Å². The van der Waals surface area contributed by atoms with Crippen molar-refractivity contribution in [3.05, 3.63) is 28.8 Å². The lowest BCUT2D eigenvalue weighted by Gasteiger charge is -2.23. The van der Waals surface area contributed by atoms with Crippen molar-refractivity contribution in [3.63, 3.8) is 0 Å². The fourth-order valence-electron chi connectivity index (χ4n) is 2.06. The summed E-state index contributed by atoms with van der Waals surface area (Å²) in [6, 6.07) is 4.20. The average Bonchev–Trinajstić information content (AvgIpc) is 2.23. The molecule has 2 N–H and O–H groups in total. The van der Waals surface area contributed by atoms with E-state index in [0.29, 0.717) is 13.2 Å². The predicted octanol–water partition coefficient (Wildman–Crippen LogP) is -0.256. The van der Waals surface area contributed by atoms with Gasteiger partial charge in [-0.25, -0.2) is 0 Å². The number of aliphatic hydroxyl groups excluding tert-OH is 1. The highest BCUT2D eigenvalue weighted by Crippen LogP contribution is 2.24. The molecule has 1 rings (SSSR count). The van der Waals surface area contributed by atoms with Crippen LogP contribution in [0.2, 0.25) is 0 Å². The molecule has 0 spiro atoms. The van der Waals surface area contributed by atoms with Crippen molar-refractivity contribution in [1.82, 2.24) is 5.32 Å². The average molecular weight is 301 g/mol. The van der Waals surface area contributed by atoms with E-state index in [1.807, 2.05) is 13.8 Å². The van der Waals surface area contributed by atoms with Crippen LogP contribution in [-0.2, 0) is 0 Å². The third kappa shape index (κ3) is 6.60. The third-order valence-electron chi connectivity index (χ3n) is 2.89. The first kappa shape index (κ1) is 19.2. The van der Waals surface area contributed by atoms with Gasteiger partial charge in [0.1, 0.15) is 18.5 Å². The predicted molar refractivity (Wildman–Crippen MR) is 79.9 cm³/mol. The fraction of sp³-hybridized carbons (Fsp3) is 0.625. The molecule has 1 atom stereocenters. The van der Waals surface area contributed by atoms with Crippen LogP contribution in [0.3, 0.4) is 0 Å². The van der Waals surface area contributed by atoms with E-state index in [9.17, 15) is 5.11 Å². The molecule has 0 radical (unpaired) electrons. The smallest absolute Gasteiger partial charge is 0.125 e. The van der Waals surface area contributed by atoms with E-state index in [1.54, 1.807) is 0 Å². The van der Waals surface area contributed by atoms with Crippen LogP contribution in [0.15, 0.2) is 12.1 Å². The van der Waals surface area contributed by atoms with Crippen LogP contribution in [0.5, 0.6) is 5.75 Å². The zero-order valence-corrected chi connectivity index (χ0v) is 14.1. The van der Waals surface area contributed by atoms with E-state index >= 15 is 0 Å². The van der Waals surface area contributed by atoms with Crippen molar-refractivity contribution in [2.24, 2.45) is 0 Å². The summed E-state index contributed by atoms with van der Waals surface area (Å²) in [5, 5.41) is 13.2. The quantitative estimate of drug-likeness (QED) is 0.788. The highest BCUT2D eigenvalue weighted by molar-refractivity contribution is 5.42. The highest BCUT2D eigenvalue weighted by atomic mass is 35.5. The maximum Gasteiger partial charge on any atom is 0.125 e. The molecule has 1 unspecified atom stereocenters. The van der Waals surface area contributed by atoms with Gasteiger partial charge in [0.2, 0.25) is 0 Å². The molecule has 0 aliphatic heterocycles. The van der Waals surface area contributed by atoms with Gasteiger partial charge >= 0.3 is 0 Å². The molecule has 0 aromatic heterocycles. The van der Waals surface area contributed by atoms with Crippen molar-refractivity contribution < 1.29 is 22.3 Å². The summed E-state index contributed by atoms with van der Waals surface area (Å²) in [6.07, 6.45) is -0.501. The molecular formula is C16H27ClNO2-. The van der Waals surface area contributed by atoms with Gasteiger partial charge in [-0.1, -0.05) is 17.7 Å². The minimum atomic E-state index is -0.501. The van der Waals surface area contributed by atoms with Crippen molar-refractivity contribution in [3.8, 4) is 5.75 Å². The summed E-state index contributed by atoms with van der Waals surface area (Å²) in [4.78, 5) is 0. The van der Waals surface area contributed by atoms with E-state index in [-0.39, 0.29) is 17.9 Å². The van der Waals surface area contributed by atoms with Gasteiger partial charge in [0.05, 0.1) is 0 Å². The lowest BCUT2D eigenvalue weighted by molar-refractivity contribution is -0.00000645. The zero-order chi connectivity index (χ0) is 14.6. The van der Waals surface area contributed by atoms with Gasteiger partial charge < -0.3 is 27.6 Å². The summed E-state index contributed by atoms with van der Waals surface area (Å²) in [6.45, 7) is 13.2. The Morgan fingerprint density at radius 3 is 2.10 bits per heavy atom. The van der Waals surface area contributed by atoms with Crippen LogP contribution in [-0.4, -0.2) is 29.9 Å². The maximum atomic E-state index is 9.92. The Labute approximate surface area is 129 Å². The van der Waals surface area contributed by atoms with E-state index in [2.05, 4.69) is 45.1 Å². The Morgan fingerprint density at radius 2 is 1.65 bits per heavy atom. The molecule has 4 heteroatoms. The number of halogens is 1. The Hall–Kier alpha value is -0.770. The van der Waals surface area contributed by atoms with Crippen molar-refractivity contribution >= 4 is 0 Å². The number of β-amino-alcohol motifs (C(OH)–C–C–N with tert-alkyl or cyclic N) is 1. The second-order valence-corrected chi connectivity index (χ2v) is 6.32. The second kappa shape index (κ2) is 7.87. The Morgan fingerprint density at radius 1 is 1.15 bits per heavy atom. The first-order valence-corrected chi connectivity index (χ1v) is 6.83. The third-order valence-corrected chi connectivity index (χ3v) is 2.89. The number of nitrogens with one attached hydrogen (secondary N) is 1. The molecule has 0 fully saturated rings. The number of hydrogen-bond acceptors (Lipinski definition) is 3. The summed E-state index contributed by atoms with van der Waals surface area (Å²) >= 11 is 0. The van der Waals surface area contributed by atoms with Gasteiger partial charge in [0, 0.05) is 12.1 Å². The summed E-state index contributed by atoms with van der Waals surface area (Å²) < 4.78 is 5.76. The van der Waals surface area contributed by atoms with Gasteiger partial charge in [-0.05, 0) is 52.7 Å². The lowest BCUT2D eigenvalue weighted by Crippen LogP contribution is -3.00. The van der Waals surface area contributed by atoms with Crippen LogP contribution >= 0.6 is 0 Å². The molecule has 1 aromatic rings. The fourth-order valence-corrected chi connectivity index (χ4v) is 2.06. The molecule has 1 aromatic carbocycles. The molecule has 0 bridgehead atoms. The van der Waals surface area contributed by atoms with Crippen LogP contribution in [0, 0.1) is 20.8 Å². The van der Waals surface area contributed by atoms with E-state index < -0.39 is 6.10 Å². The summed E-state index contributed by atoms with van der Waals surface area (Å²) in [7, 11) is 0. The molecule has 3 nitrogen and oxygen atoms in total. The number of aliphatic hydroxyl groups is 1. The Balaban J connectivity index is 0.00000361. The van der Waals surface area contributed by atoms with Crippen LogP contribution in [0.4, 0.5) is 0 Å². The minimum absolute atomic E-state index is 0. The first-order valence-electron chi connectivity index (χ1n) is 6.83. The van der Waals surface area contributed by atoms with Crippen LogP contribution in [0.1, 0.15) is 37.5 Å². The molecule has 0 saturated carbocycles. The van der Waals surface area contributed by atoms with Gasteiger partial charge in [-0.15, -0.1) is 0 Å². The monoisotopic (exact) mass is 300 g/mol. The van der Waals surface area contributed by atoms with Crippen molar-refractivity contribution in [1.29, 1.82) is 0 Å². The zero-order valence-electron chi connectivity index (χ0n) is 13.4. The van der Waals surface area contributed by atoms with Gasteiger partial charge in [0.25, 0.3) is 0 Å². The van der Waals surface area contributed by atoms with E-state index in [1.165, 1.54) is 5.56 Å². The topological polar surface area (TPSA) is 41.5 Å². The number of ether oxygens (including phenoxy) is 1. The molecular weight excluding hydrogens is 274 g/mol. The molecule has 116 valence electrons. The Bertz CT molecular complexity index is 404. The molecule has 0 saturated heterocycles. The molecule has 0 aliphatic carbocycles. The van der Waals surface area contributed by atoms with Gasteiger partial charge in [-0.2, -0.15) is 0 Å². The molecule has 20 heavy (non-hydrogen) atoms. The second-order valence-electron chi connectivity index (χ2n) is 6.32. The molecule has 0 amide bonds. The van der Waals surface area contributed by atoms with E-state index in [4.69, 9.17) is 4.74 Å². The van der Waals surface area contributed by atoms with Crippen LogP contribution in [0.25, 0.3) is 0 Å². The van der Waals surface area contributed by atoms with Gasteiger partial charge in [0.15, 0.2) is 0 Å². The summed E-state index contributed by atoms with van der Waals surface area (Å²) in [5.41, 5.74) is 3.48. The van der Waals surface area contributed by atoms with Crippen molar-refractivity contribution in [2.75, 3.05) is 13.2 Å². The number of hydrogen-bond donors (Lipinski definition) is 2. The highest BCUT2D eigenvalue weighted by Gasteiger charge is 2.13. The normalized spacial score (nSPS) is 12.8. The number of rotatable bonds is 5. The Kier molecular flexibility index (Phi) is 7.56. The maximum absolute atomic E-state index is 9.92. The SMILES string of the molecule is Cc1cc(C)c(OCC(O)CNC(C)(C)C)c(C)c1.[Cl-]. The minimum Gasteiger partial charge on any atom is -1.00 e. The summed E-state index contributed by atoms with van der Waals surface area (Å²) in [5.74, 6) is 0.889. The molecule has 0 aliphatic rings. The van der Waals surface area contributed by atoms with Crippen molar-refractivity contribution in [2.45, 2.75) is 53.2 Å². The largest absolute Gasteiger partial charge is 1.00 e. The van der Waals surface area contributed by atoms with Crippen LogP contribution < -0.4 is 22.5 Å². The first-order chi connectivity index (χ1) is 8.69. The number of benzene rings is 1. The van der Waals surface area contributed by atoms with E-state index in [0.717, 1.165) is 16.9 Å². The standard InChI is InChI=1S/C16H27NO2.ClH/c1-11-7-12(2)15(13(3)8-11)19-10-14(18)9-17-16(4,5)6;/h7-8,14,17-18H,9-10H2,1-6H3;1H/p-1. The number of aryl methyl sites for hydroxylation is 3. The lowest BCUT2D eigenvalue weighted by atomic mass is 10.1.